The lowest BCUT2D eigenvalue weighted by Gasteiger charge is -2.33. The zero-order chi connectivity index (χ0) is 18.5. The average molecular weight is 387 g/mol. The SMILES string of the molecule is CCC1(O[Si](C)(C)C)C(CC(F)(F)F)[Si]1(C)OC(C)[Si](C)(C)C. The zero-order valence-corrected chi connectivity index (χ0v) is 19.0. The van der Waals surface area contributed by atoms with Gasteiger partial charge in [0.05, 0.1) is 13.3 Å². The van der Waals surface area contributed by atoms with Crippen LogP contribution in [-0.2, 0) is 8.85 Å². The van der Waals surface area contributed by atoms with E-state index in [4.69, 9.17) is 8.85 Å². The lowest BCUT2D eigenvalue weighted by Crippen LogP contribution is -2.47. The van der Waals surface area contributed by atoms with E-state index < -0.39 is 48.1 Å². The van der Waals surface area contributed by atoms with Crippen molar-refractivity contribution in [3.63, 3.8) is 0 Å². The van der Waals surface area contributed by atoms with Crippen LogP contribution in [0.1, 0.15) is 26.7 Å². The van der Waals surface area contributed by atoms with Gasteiger partial charge < -0.3 is 8.85 Å². The van der Waals surface area contributed by atoms with Gasteiger partial charge in [-0.2, -0.15) is 13.2 Å². The first kappa shape index (κ1) is 21.4. The van der Waals surface area contributed by atoms with Gasteiger partial charge in [0.25, 0.3) is 0 Å². The minimum atomic E-state index is -4.16. The second kappa shape index (κ2) is 6.26. The van der Waals surface area contributed by atoms with Crippen molar-refractivity contribution < 1.29 is 22.0 Å². The third-order valence-corrected chi connectivity index (χ3v) is 14.1. The monoisotopic (exact) mass is 386 g/mol. The van der Waals surface area contributed by atoms with E-state index in [1.165, 1.54) is 0 Å². The molecule has 138 valence electrons. The molecule has 0 aromatic carbocycles. The Morgan fingerprint density at radius 2 is 1.61 bits per heavy atom. The Balaban J connectivity index is 3.13. The van der Waals surface area contributed by atoms with Crippen LogP contribution < -0.4 is 0 Å². The minimum absolute atomic E-state index is 0.0496. The van der Waals surface area contributed by atoms with Crippen molar-refractivity contribution in [2.75, 3.05) is 0 Å². The molecule has 23 heavy (non-hydrogen) atoms. The molecule has 0 N–H and O–H groups in total. The highest BCUT2D eigenvalue weighted by molar-refractivity contribution is 6.90. The predicted molar refractivity (Wildman–Crippen MR) is 97.4 cm³/mol. The zero-order valence-electron chi connectivity index (χ0n) is 16.0. The Morgan fingerprint density at radius 3 is 1.91 bits per heavy atom. The van der Waals surface area contributed by atoms with Gasteiger partial charge in [0.2, 0.25) is 8.32 Å². The molecule has 1 rings (SSSR count). The van der Waals surface area contributed by atoms with E-state index >= 15 is 0 Å². The molecule has 1 aliphatic rings. The molecule has 0 spiro atoms. The van der Waals surface area contributed by atoms with Gasteiger partial charge in [-0.05, 0) is 39.5 Å². The normalized spacial score (nSPS) is 33.7. The van der Waals surface area contributed by atoms with Crippen molar-refractivity contribution in [2.45, 2.75) is 95.2 Å². The summed E-state index contributed by atoms with van der Waals surface area (Å²) in [4.78, 5) is 0. The van der Waals surface area contributed by atoms with Crippen LogP contribution in [0.4, 0.5) is 13.2 Å². The van der Waals surface area contributed by atoms with Crippen LogP contribution in [0, 0.1) is 0 Å². The quantitative estimate of drug-likeness (QED) is 0.521. The highest BCUT2D eigenvalue weighted by Gasteiger charge is 2.80. The Kier molecular flexibility index (Phi) is 5.83. The number of halogens is 3. The molecular formula is C15H33F3O2Si3. The summed E-state index contributed by atoms with van der Waals surface area (Å²) in [6.45, 7) is 18.7. The number of hydrogen-bond acceptors (Lipinski definition) is 2. The first-order valence-electron chi connectivity index (χ1n) is 8.43. The summed E-state index contributed by atoms with van der Waals surface area (Å²) in [7, 11) is -6.10. The summed E-state index contributed by atoms with van der Waals surface area (Å²) in [5.41, 5.74) is -0.431. The van der Waals surface area contributed by atoms with Crippen molar-refractivity contribution in [3.05, 3.63) is 0 Å². The molecule has 4 atom stereocenters. The summed E-state index contributed by atoms with van der Waals surface area (Å²) in [5, 5.41) is -0.666. The number of hydrogen-bond donors (Lipinski definition) is 0. The summed E-state index contributed by atoms with van der Waals surface area (Å²) >= 11 is 0. The van der Waals surface area contributed by atoms with Gasteiger partial charge in [0, 0.05) is 17.7 Å². The van der Waals surface area contributed by atoms with Gasteiger partial charge in [0.1, 0.15) is 0 Å². The molecule has 0 aliphatic carbocycles. The summed E-state index contributed by atoms with van der Waals surface area (Å²) < 4.78 is 52.1. The van der Waals surface area contributed by atoms with E-state index in [0.717, 1.165) is 0 Å². The molecule has 0 aromatic rings. The fourth-order valence-electron chi connectivity index (χ4n) is 3.43. The summed E-state index contributed by atoms with van der Waals surface area (Å²) in [6, 6.07) is 0. The van der Waals surface area contributed by atoms with Gasteiger partial charge >= 0.3 is 6.18 Å². The van der Waals surface area contributed by atoms with E-state index in [9.17, 15) is 13.2 Å². The third kappa shape index (κ3) is 4.71. The molecule has 0 amide bonds. The first-order valence-corrected chi connectivity index (χ1v) is 17.9. The van der Waals surface area contributed by atoms with Crippen molar-refractivity contribution in [3.8, 4) is 0 Å². The summed E-state index contributed by atoms with van der Waals surface area (Å²) in [6.07, 6.45) is -4.32. The van der Waals surface area contributed by atoms with Crippen LogP contribution in [0.2, 0.25) is 51.4 Å². The molecule has 0 radical (unpaired) electrons. The fourth-order valence-corrected chi connectivity index (χ4v) is 13.7. The summed E-state index contributed by atoms with van der Waals surface area (Å²) in [5.74, 6) is 0. The molecule has 1 saturated heterocycles. The smallest absolute Gasteiger partial charge is 0.389 e. The van der Waals surface area contributed by atoms with Gasteiger partial charge in [-0.3, -0.25) is 0 Å². The molecule has 2 nitrogen and oxygen atoms in total. The van der Waals surface area contributed by atoms with Crippen LogP contribution in [-0.4, -0.2) is 41.8 Å². The average Bonchev–Trinajstić information content (AvgIpc) is 2.72. The lowest BCUT2D eigenvalue weighted by atomic mass is 10.1. The molecule has 0 saturated carbocycles. The van der Waals surface area contributed by atoms with Crippen molar-refractivity contribution in [2.24, 2.45) is 0 Å². The molecule has 1 fully saturated rings. The second-order valence-corrected chi connectivity index (χ2v) is 23.0. The molecule has 4 unspecified atom stereocenters. The van der Waals surface area contributed by atoms with Gasteiger partial charge in [-0.15, -0.1) is 0 Å². The highest BCUT2D eigenvalue weighted by atomic mass is 28.4. The highest BCUT2D eigenvalue weighted by Crippen LogP contribution is 2.67. The number of rotatable bonds is 7. The lowest BCUT2D eigenvalue weighted by molar-refractivity contribution is -0.136. The molecule has 8 heteroatoms. The molecule has 1 aliphatic heterocycles. The van der Waals surface area contributed by atoms with E-state index in [1.54, 1.807) is 0 Å². The van der Waals surface area contributed by atoms with Gasteiger partial charge in [-0.1, -0.05) is 26.6 Å². The number of alkyl halides is 3. The fraction of sp³-hybridized carbons (Fsp3) is 1.00. The molecule has 0 aromatic heterocycles. The van der Waals surface area contributed by atoms with E-state index in [-0.39, 0.29) is 5.73 Å². The molecule has 1 heterocycles. The van der Waals surface area contributed by atoms with Gasteiger partial charge in [-0.25, -0.2) is 0 Å². The second-order valence-electron chi connectivity index (χ2n) is 9.06. The maximum Gasteiger partial charge on any atom is 0.389 e. The van der Waals surface area contributed by atoms with E-state index in [1.807, 2.05) is 40.0 Å². The van der Waals surface area contributed by atoms with Crippen LogP contribution in [0.15, 0.2) is 0 Å². The van der Waals surface area contributed by atoms with Crippen LogP contribution in [0.25, 0.3) is 0 Å². The van der Waals surface area contributed by atoms with Crippen LogP contribution in [0.5, 0.6) is 0 Å². The largest absolute Gasteiger partial charge is 0.414 e. The predicted octanol–water partition coefficient (Wildman–Crippen LogP) is 5.72. The van der Waals surface area contributed by atoms with Crippen molar-refractivity contribution >= 4 is 24.7 Å². The maximum absolute atomic E-state index is 13.1. The maximum atomic E-state index is 13.1. The standard InChI is InChI=1S/C15H33F3O2Si3/c1-10-14(20-22(6,7)8)13(11-15(16,17)18)23(14,9)19-12(2)21(3,4)5/h12-13H,10-11H2,1-9H3. The topological polar surface area (TPSA) is 18.5 Å². The third-order valence-electron chi connectivity index (χ3n) is 5.08. The molecular weight excluding hydrogens is 353 g/mol. The van der Waals surface area contributed by atoms with Crippen LogP contribution in [0.3, 0.4) is 0 Å². The van der Waals surface area contributed by atoms with Crippen molar-refractivity contribution in [1.82, 2.24) is 0 Å². The van der Waals surface area contributed by atoms with Crippen LogP contribution >= 0.6 is 0 Å². The minimum Gasteiger partial charge on any atom is -0.414 e. The Labute approximate surface area is 142 Å². The van der Waals surface area contributed by atoms with Gasteiger partial charge in [0.15, 0.2) is 8.32 Å². The first-order chi connectivity index (χ1) is 9.98. The Hall–Kier alpha value is 0.361. The Bertz CT molecular complexity index is 431. The van der Waals surface area contributed by atoms with E-state index in [2.05, 4.69) is 19.6 Å². The van der Waals surface area contributed by atoms with E-state index in [0.29, 0.717) is 6.42 Å². The Morgan fingerprint density at radius 1 is 1.13 bits per heavy atom. The van der Waals surface area contributed by atoms with Crippen molar-refractivity contribution in [1.29, 1.82) is 0 Å². The molecule has 0 bridgehead atoms.